The summed E-state index contributed by atoms with van der Waals surface area (Å²) in [6.45, 7) is 6.71. The number of carbonyl (C=O) groups is 2. The summed E-state index contributed by atoms with van der Waals surface area (Å²) in [6.07, 6.45) is 7.13. The topological polar surface area (TPSA) is 83.8 Å². The molecule has 0 spiro atoms. The number of carboxylic acids is 2. The van der Waals surface area contributed by atoms with Crippen LogP contribution >= 0.6 is 0 Å². The highest BCUT2D eigenvalue weighted by atomic mass is 16.5. The lowest BCUT2D eigenvalue weighted by molar-refractivity contribution is -0.175. The summed E-state index contributed by atoms with van der Waals surface area (Å²) in [5.74, 6) is -1.07. The van der Waals surface area contributed by atoms with Gasteiger partial charge < -0.3 is 14.9 Å². The van der Waals surface area contributed by atoms with Gasteiger partial charge in [-0.3, -0.25) is 9.59 Å². The molecule has 2 saturated carbocycles. The molecule has 2 heterocycles. The summed E-state index contributed by atoms with van der Waals surface area (Å²) >= 11 is 0. The lowest BCUT2D eigenvalue weighted by Crippen LogP contribution is -2.59. The Labute approximate surface area is 166 Å². The number of carboxylic acid groups (broad SMARTS) is 2. The van der Waals surface area contributed by atoms with Crippen molar-refractivity contribution in [1.29, 1.82) is 0 Å². The van der Waals surface area contributed by atoms with Gasteiger partial charge in [0.25, 0.3) is 0 Å². The highest BCUT2D eigenvalue weighted by molar-refractivity contribution is 5.75. The minimum Gasteiger partial charge on any atom is -0.481 e. The van der Waals surface area contributed by atoms with Gasteiger partial charge in [0.1, 0.15) is 0 Å². The summed E-state index contributed by atoms with van der Waals surface area (Å²) in [5, 5.41) is 19.6. The first-order valence-electron chi connectivity index (χ1n) is 11.0. The second-order valence-corrected chi connectivity index (χ2v) is 10.8. The monoisotopic (exact) mass is 388 g/mol. The third-order valence-corrected chi connectivity index (χ3v) is 9.77. The highest BCUT2D eigenvalue weighted by Gasteiger charge is 2.66. The molecule has 5 nitrogen and oxygen atoms in total. The molecule has 28 heavy (non-hydrogen) atoms. The summed E-state index contributed by atoms with van der Waals surface area (Å²) in [4.78, 5) is 23.9. The summed E-state index contributed by atoms with van der Waals surface area (Å²) in [6, 6.07) is 0. The van der Waals surface area contributed by atoms with E-state index in [2.05, 4.69) is 13.8 Å². The normalized spacial score (nSPS) is 52.0. The van der Waals surface area contributed by atoms with Gasteiger partial charge in [-0.2, -0.15) is 0 Å². The van der Waals surface area contributed by atoms with Crippen molar-refractivity contribution in [1.82, 2.24) is 0 Å². The molecule has 1 saturated heterocycles. The smallest absolute Gasteiger partial charge is 0.309 e. The van der Waals surface area contributed by atoms with Crippen molar-refractivity contribution in [2.75, 3.05) is 0 Å². The number of fused-ring (bicyclic) bond motifs is 8. The summed E-state index contributed by atoms with van der Waals surface area (Å²) in [7, 11) is 0. The van der Waals surface area contributed by atoms with Gasteiger partial charge in [-0.25, -0.2) is 0 Å². The van der Waals surface area contributed by atoms with Gasteiger partial charge in [0.15, 0.2) is 0 Å². The lowest BCUT2D eigenvalue weighted by Gasteiger charge is -2.64. The van der Waals surface area contributed by atoms with E-state index in [9.17, 15) is 19.8 Å². The minimum atomic E-state index is -0.730. The van der Waals surface area contributed by atoms with Crippen molar-refractivity contribution in [3.8, 4) is 0 Å². The van der Waals surface area contributed by atoms with Gasteiger partial charge in [0.05, 0.1) is 23.5 Å². The van der Waals surface area contributed by atoms with Crippen LogP contribution in [0.3, 0.4) is 0 Å². The molecular formula is C23H32O5. The maximum Gasteiger partial charge on any atom is 0.309 e. The molecule has 0 aromatic heterocycles. The molecule has 0 amide bonds. The molecule has 8 atom stereocenters. The molecule has 5 heteroatoms. The van der Waals surface area contributed by atoms with Crippen LogP contribution in [0.15, 0.2) is 11.1 Å². The zero-order chi connectivity index (χ0) is 20.1. The quantitative estimate of drug-likeness (QED) is 0.691. The Bertz CT molecular complexity index is 786. The average Bonchev–Trinajstić information content (AvgIpc) is 3.20. The van der Waals surface area contributed by atoms with Crippen LogP contribution in [-0.4, -0.2) is 34.4 Å². The van der Waals surface area contributed by atoms with Crippen LogP contribution < -0.4 is 0 Å². The Balaban J connectivity index is 1.55. The second kappa shape index (κ2) is 5.62. The fourth-order valence-electron chi connectivity index (χ4n) is 8.65. The molecule has 0 unspecified atom stereocenters. The van der Waals surface area contributed by atoms with Crippen molar-refractivity contribution in [3.05, 3.63) is 11.1 Å². The van der Waals surface area contributed by atoms with Crippen molar-refractivity contribution < 1.29 is 24.5 Å². The van der Waals surface area contributed by atoms with E-state index >= 15 is 0 Å². The van der Waals surface area contributed by atoms with Gasteiger partial charge >= 0.3 is 11.9 Å². The summed E-state index contributed by atoms with van der Waals surface area (Å²) < 4.78 is 6.21. The molecule has 2 aliphatic heterocycles. The van der Waals surface area contributed by atoms with Gasteiger partial charge in [-0.1, -0.05) is 20.3 Å². The summed E-state index contributed by atoms with van der Waals surface area (Å²) in [5.41, 5.74) is 2.13. The number of aliphatic carboxylic acids is 2. The van der Waals surface area contributed by atoms with Crippen LogP contribution in [0.4, 0.5) is 0 Å². The van der Waals surface area contributed by atoms with Gasteiger partial charge in [0.2, 0.25) is 0 Å². The molecule has 2 N–H and O–H groups in total. The number of ether oxygens (including phenoxy) is 1. The molecule has 0 aromatic rings. The van der Waals surface area contributed by atoms with E-state index in [1.165, 1.54) is 11.1 Å². The predicted molar refractivity (Wildman–Crippen MR) is 103 cm³/mol. The van der Waals surface area contributed by atoms with Gasteiger partial charge in [0, 0.05) is 0 Å². The fourth-order valence-corrected chi connectivity index (χ4v) is 8.65. The Kier molecular flexibility index (Phi) is 3.74. The van der Waals surface area contributed by atoms with Crippen molar-refractivity contribution in [2.45, 2.75) is 84.3 Å². The minimum absolute atomic E-state index is 0.0263. The second-order valence-electron chi connectivity index (χ2n) is 10.8. The Morgan fingerprint density at radius 1 is 1.04 bits per heavy atom. The largest absolute Gasteiger partial charge is 0.481 e. The zero-order valence-electron chi connectivity index (χ0n) is 17.2. The van der Waals surface area contributed by atoms with E-state index < -0.39 is 17.4 Å². The maximum atomic E-state index is 12.2. The van der Waals surface area contributed by atoms with Gasteiger partial charge in [-0.15, -0.1) is 0 Å². The van der Waals surface area contributed by atoms with E-state index in [0.717, 1.165) is 44.9 Å². The first-order valence-corrected chi connectivity index (χ1v) is 11.0. The highest BCUT2D eigenvalue weighted by Crippen LogP contribution is 2.70. The molecule has 154 valence electrons. The molecule has 5 aliphatic rings. The van der Waals surface area contributed by atoms with E-state index in [-0.39, 0.29) is 34.9 Å². The Morgan fingerprint density at radius 2 is 1.79 bits per heavy atom. The van der Waals surface area contributed by atoms with Crippen LogP contribution in [-0.2, 0) is 14.3 Å². The fraction of sp³-hybridized carbons (Fsp3) is 0.826. The third-order valence-electron chi connectivity index (χ3n) is 9.77. The molecular weight excluding hydrogens is 356 g/mol. The van der Waals surface area contributed by atoms with Crippen LogP contribution in [0.5, 0.6) is 0 Å². The van der Waals surface area contributed by atoms with E-state index in [4.69, 9.17) is 4.74 Å². The van der Waals surface area contributed by atoms with Crippen molar-refractivity contribution in [3.63, 3.8) is 0 Å². The van der Waals surface area contributed by atoms with E-state index in [1.807, 2.05) is 6.92 Å². The van der Waals surface area contributed by atoms with E-state index in [0.29, 0.717) is 12.3 Å². The average molecular weight is 389 g/mol. The van der Waals surface area contributed by atoms with Crippen molar-refractivity contribution in [2.24, 2.45) is 34.0 Å². The first-order chi connectivity index (χ1) is 13.1. The third kappa shape index (κ3) is 2.07. The molecule has 3 fully saturated rings. The lowest BCUT2D eigenvalue weighted by atomic mass is 9.39. The van der Waals surface area contributed by atoms with Crippen LogP contribution in [0.2, 0.25) is 0 Å². The van der Waals surface area contributed by atoms with Crippen LogP contribution in [0, 0.1) is 34.0 Å². The standard InChI is InChI=1S/C23H32O5/c1-21-8-4-9-23(3,20(26)27)16(21)7-10-22(2)15(21)6-5-12-17(22)14-11-13(19(24)25)18(12)28-14/h13-16,18H,4-11H2,1-3H3,(H,24,25)(H,26,27)/t13-,14-,15+,16+,18-,21+,22+,23-/m0/s1. The Hall–Kier alpha value is -1.36. The molecule has 0 radical (unpaired) electrons. The predicted octanol–water partition coefficient (Wildman–Crippen LogP) is 4.26. The SMILES string of the molecule is C[C@]12CCC[C@](C)(C(=O)O)[C@@H]1CC[C@@]1(C)C3=C(CC[C@H]21)[C@@H]1O[C@H]3C[C@@H]1C(=O)O. The number of hydrogen-bond acceptors (Lipinski definition) is 3. The first kappa shape index (κ1) is 18.7. The molecule has 5 rings (SSSR count). The molecule has 3 aliphatic carbocycles. The van der Waals surface area contributed by atoms with Crippen LogP contribution in [0.25, 0.3) is 0 Å². The number of hydrogen-bond donors (Lipinski definition) is 2. The Morgan fingerprint density at radius 3 is 2.46 bits per heavy atom. The molecule has 2 bridgehead atoms. The number of rotatable bonds is 2. The van der Waals surface area contributed by atoms with E-state index in [1.54, 1.807) is 0 Å². The van der Waals surface area contributed by atoms with Crippen LogP contribution in [0.1, 0.15) is 72.1 Å². The zero-order valence-corrected chi connectivity index (χ0v) is 17.2. The maximum absolute atomic E-state index is 12.2. The molecule has 0 aromatic carbocycles. The van der Waals surface area contributed by atoms with Gasteiger partial charge in [-0.05, 0) is 85.7 Å². The van der Waals surface area contributed by atoms with Crippen molar-refractivity contribution >= 4 is 11.9 Å².